The van der Waals surface area contributed by atoms with Crippen LogP contribution in [0.25, 0.3) is 0 Å². The summed E-state index contributed by atoms with van der Waals surface area (Å²) in [5.74, 6) is 1.03. The van der Waals surface area contributed by atoms with Gasteiger partial charge in [-0.05, 0) is 57.8 Å². The monoisotopic (exact) mass is 287 g/mol. The van der Waals surface area contributed by atoms with E-state index in [1.54, 1.807) is 0 Å². The van der Waals surface area contributed by atoms with Crippen molar-refractivity contribution in [1.82, 2.24) is 4.90 Å². The molecule has 2 fully saturated rings. The van der Waals surface area contributed by atoms with Crippen LogP contribution in [0.2, 0.25) is 0 Å². The van der Waals surface area contributed by atoms with Gasteiger partial charge in [0.1, 0.15) is 5.75 Å². The number of ketones is 1. The molecule has 0 N–H and O–H groups in total. The van der Waals surface area contributed by atoms with Crippen LogP contribution < -0.4 is 4.74 Å². The highest BCUT2D eigenvalue weighted by Crippen LogP contribution is 2.41. The zero-order valence-corrected chi connectivity index (χ0v) is 12.9. The quantitative estimate of drug-likeness (QED) is 0.774. The zero-order chi connectivity index (χ0) is 14.7. The van der Waals surface area contributed by atoms with Gasteiger partial charge in [-0.1, -0.05) is 25.0 Å². The van der Waals surface area contributed by atoms with Crippen LogP contribution >= 0.6 is 0 Å². The van der Waals surface area contributed by atoms with Crippen molar-refractivity contribution in [1.29, 1.82) is 0 Å². The van der Waals surface area contributed by atoms with E-state index in [-0.39, 0.29) is 11.3 Å². The molecule has 1 aliphatic heterocycles. The van der Waals surface area contributed by atoms with Crippen LogP contribution in [0.15, 0.2) is 24.3 Å². The molecule has 21 heavy (non-hydrogen) atoms. The molecule has 1 aromatic rings. The van der Waals surface area contributed by atoms with Crippen molar-refractivity contribution in [2.24, 2.45) is 0 Å². The Kier molecular flexibility index (Phi) is 4.29. The molecule has 3 rings (SSSR count). The van der Waals surface area contributed by atoms with E-state index >= 15 is 0 Å². The fraction of sp³-hybridized carbons (Fsp3) is 0.611. The Morgan fingerprint density at radius 1 is 1.14 bits per heavy atom. The second-order valence-corrected chi connectivity index (χ2v) is 6.19. The molecule has 0 unspecified atom stereocenters. The number of ether oxygens (including phenoxy) is 1. The van der Waals surface area contributed by atoms with E-state index in [2.05, 4.69) is 4.90 Å². The van der Waals surface area contributed by atoms with Crippen molar-refractivity contribution in [3.8, 4) is 5.75 Å². The van der Waals surface area contributed by atoms with Crippen molar-refractivity contribution < 1.29 is 9.53 Å². The van der Waals surface area contributed by atoms with Crippen LogP contribution in [0.3, 0.4) is 0 Å². The van der Waals surface area contributed by atoms with Crippen molar-refractivity contribution in [2.75, 3.05) is 19.7 Å². The number of benzene rings is 1. The standard InChI is InChI=1S/C18H25NO2/c1-2-21-16-10-4-3-9-15(16)17(20)18(11-5-6-12-18)19-13-7-8-14-19/h3-4,9-10H,2,5-8,11-14H2,1H3. The number of hydrogen-bond acceptors (Lipinski definition) is 3. The van der Waals surface area contributed by atoms with E-state index in [1.165, 1.54) is 25.7 Å². The predicted octanol–water partition coefficient (Wildman–Crippen LogP) is 3.68. The summed E-state index contributed by atoms with van der Waals surface area (Å²) < 4.78 is 5.69. The van der Waals surface area contributed by atoms with Crippen molar-refractivity contribution in [3.05, 3.63) is 29.8 Å². The normalized spacial score (nSPS) is 21.6. The molecule has 1 saturated heterocycles. The van der Waals surface area contributed by atoms with Gasteiger partial charge in [0.15, 0.2) is 5.78 Å². The molecule has 0 radical (unpaired) electrons. The van der Waals surface area contributed by atoms with Crippen molar-refractivity contribution in [2.45, 2.75) is 51.0 Å². The lowest BCUT2D eigenvalue weighted by atomic mass is 9.85. The Balaban J connectivity index is 1.94. The summed E-state index contributed by atoms with van der Waals surface area (Å²) in [7, 11) is 0. The van der Waals surface area contributed by atoms with Crippen LogP contribution in [0.5, 0.6) is 5.75 Å². The summed E-state index contributed by atoms with van der Waals surface area (Å²) in [6, 6.07) is 7.74. The predicted molar refractivity (Wildman–Crippen MR) is 83.9 cm³/mol. The summed E-state index contributed by atoms with van der Waals surface area (Å²) in [6.45, 7) is 4.71. The van der Waals surface area contributed by atoms with Crippen LogP contribution in [0, 0.1) is 0 Å². The summed E-state index contributed by atoms with van der Waals surface area (Å²) in [6.07, 6.45) is 6.79. The summed E-state index contributed by atoms with van der Waals surface area (Å²) >= 11 is 0. The third-order valence-electron chi connectivity index (χ3n) is 5.00. The molecule has 1 heterocycles. The molecule has 114 valence electrons. The second kappa shape index (κ2) is 6.18. The lowest BCUT2D eigenvalue weighted by Gasteiger charge is -2.37. The highest BCUT2D eigenvalue weighted by Gasteiger charge is 2.47. The Hall–Kier alpha value is -1.35. The first-order valence-corrected chi connectivity index (χ1v) is 8.29. The number of Topliss-reactive ketones (excluding diaryl/α,β-unsaturated/α-hetero) is 1. The summed E-state index contributed by atoms with van der Waals surface area (Å²) in [4.78, 5) is 15.8. The minimum absolute atomic E-state index is 0.260. The molecule has 3 heteroatoms. The molecule has 0 atom stereocenters. The molecule has 1 aliphatic carbocycles. The van der Waals surface area contributed by atoms with Crippen LogP contribution in [-0.4, -0.2) is 35.9 Å². The molecule has 0 spiro atoms. The number of nitrogens with zero attached hydrogens (tertiary/aromatic N) is 1. The first-order valence-electron chi connectivity index (χ1n) is 8.29. The molecular formula is C18H25NO2. The number of hydrogen-bond donors (Lipinski definition) is 0. The molecule has 3 nitrogen and oxygen atoms in total. The maximum absolute atomic E-state index is 13.3. The van der Waals surface area contributed by atoms with E-state index in [0.29, 0.717) is 6.61 Å². The lowest BCUT2D eigenvalue weighted by Crippen LogP contribution is -2.51. The van der Waals surface area contributed by atoms with Gasteiger partial charge in [-0.25, -0.2) is 0 Å². The SMILES string of the molecule is CCOc1ccccc1C(=O)C1(N2CCCC2)CCCC1. The van der Waals surface area contributed by atoms with Crippen LogP contribution in [-0.2, 0) is 0 Å². The fourth-order valence-corrected chi connectivity index (χ4v) is 3.98. The summed E-state index contributed by atoms with van der Waals surface area (Å²) in [5, 5.41) is 0. The minimum Gasteiger partial charge on any atom is -0.493 e. The molecular weight excluding hydrogens is 262 g/mol. The van der Waals surface area contributed by atoms with Gasteiger partial charge in [0.2, 0.25) is 0 Å². The van der Waals surface area contributed by atoms with E-state index in [9.17, 15) is 4.79 Å². The third kappa shape index (κ3) is 2.59. The Morgan fingerprint density at radius 2 is 1.81 bits per heavy atom. The molecule has 0 aromatic heterocycles. The number of rotatable bonds is 5. The van der Waals surface area contributed by atoms with Crippen LogP contribution in [0.4, 0.5) is 0 Å². The smallest absolute Gasteiger partial charge is 0.186 e. The molecule has 0 bridgehead atoms. The Morgan fingerprint density at radius 3 is 2.48 bits per heavy atom. The van der Waals surface area contributed by atoms with Gasteiger partial charge in [-0.2, -0.15) is 0 Å². The minimum atomic E-state index is -0.260. The van der Waals surface area contributed by atoms with Gasteiger partial charge in [-0.15, -0.1) is 0 Å². The highest BCUT2D eigenvalue weighted by atomic mass is 16.5. The molecule has 0 amide bonds. The van der Waals surface area contributed by atoms with E-state index in [4.69, 9.17) is 4.74 Å². The van der Waals surface area contributed by atoms with E-state index < -0.39 is 0 Å². The van der Waals surface area contributed by atoms with Gasteiger partial charge in [0.25, 0.3) is 0 Å². The maximum atomic E-state index is 13.3. The van der Waals surface area contributed by atoms with E-state index in [0.717, 1.165) is 37.2 Å². The van der Waals surface area contributed by atoms with Gasteiger partial charge >= 0.3 is 0 Å². The number of likely N-dealkylation sites (tertiary alicyclic amines) is 1. The molecule has 2 aliphatic rings. The van der Waals surface area contributed by atoms with Gasteiger partial charge in [-0.3, -0.25) is 9.69 Å². The average molecular weight is 287 g/mol. The van der Waals surface area contributed by atoms with Crippen LogP contribution in [0.1, 0.15) is 55.8 Å². The molecule has 1 saturated carbocycles. The highest BCUT2D eigenvalue weighted by molar-refractivity contribution is 6.05. The van der Waals surface area contributed by atoms with Crippen molar-refractivity contribution in [3.63, 3.8) is 0 Å². The fourth-order valence-electron chi connectivity index (χ4n) is 3.98. The van der Waals surface area contributed by atoms with Gasteiger partial charge < -0.3 is 4.74 Å². The van der Waals surface area contributed by atoms with E-state index in [1.807, 2.05) is 31.2 Å². The second-order valence-electron chi connectivity index (χ2n) is 6.19. The van der Waals surface area contributed by atoms with Gasteiger partial charge in [0, 0.05) is 0 Å². The maximum Gasteiger partial charge on any atom is 0.186 e. The summed E-state index contributed by atoms with van der Waals surface area (Å²) in [5.41, 5.74) is 0.511. The number of carbonyl (C=O) groups excluding carboxylic acids is 1. The number of para-hydroxylation sites is 1. The topological polar surface area (TPSA) is 29.5 Å². The third-order valence-corrected chi connectivity index (χ3v) is 5.00. The first-order chi connectivity index (χ1) is 10.3. The van der Waals surface area contributed by atoms with Crippen molar-refractivity contribution >= 4 is 5.78 Å². The number of carbonyl (C=O) groups is 1. The molecule has 1 aromatic carbocycles. The largest absolute Gasteiger partial charge is 0.493 e. The Bertz CT molecular complexity index is 500. The Labute approximate surface area is 127 Å². The lowest BCUT2D eigenvalue weighted by molar-refractivity contribution is 0.0622. The van der Waals surface area contributed by atoms with Gasteiger partial charge in [0.05, 0.1) is 17.7 Å². The first kappa shape index (κ1) is 14.6. The average Bonchev–Trinajstić information content (AvgIpc) is 3.19. The zero-order valence-electron chi connectivity index (χ0n) is 12.9.